The van der Waals surface area contributed by atoms with E-state index >= 15 is 0 Å². The van der Waals surface area contributed by atoms with Crippen LogP contribution in [0.1, 0.15) is 32.6 Å². The van der Waals surface area contributed by atoms with Gasteiger partial charge in [0.05, 0.1) is 13.2 Å². The topological polar surface area (TPSA) is 35.5 Å². The van der Waals surface area contributed by atoms with Crippen molar-refractivity contribution >= 4 is 6.29 Å². The molecule has 1 spiro atoms. The molecule has 1 atom stereocenters. The minimum Gasteiger partial charge on any atom is -0.347 e. The summed E-state index contributed by atoms with van der Waals surface area (Å²) >= 11 is 0. The van der Waals surface area contributed by atoms with E-state index in [2.05, 4.69) is 13.0 Å². The number of carbonyl (C=O) groups excluding carboxylic acids is 1. The predicted molar refractivity (Wildman–Crippen MR) is 65.6 cm³/mol. The predicted octanol–water partition coefficient (Wildman–Crippen LogP) is 2.62. The fourth-order valence-corrected chi connectivity index (χ4v) is 2.84. The number of aldehydes is 1. The van der Waals surface area contributed by atoms with Crippen molar-refractivity contribution in [3.8, 4) is 0 Å². The minimum absolute atomic E-state index is 0.0883. The Morgan fingerprint density at radius 3 is 2.41 bits per heavy atom. The monoisotopic (exact) mass is 236 g/mol. The van der Waals surface area contributed by atoms with E-state index in [4.69, 9.17) is 9.47 Å². The van der Waals surface area contributed by atoms with Crippen molar-refractivity contribution in [1.29, 1.82) is 0 Å². The zero-order valence-corrected chi connectivity index (χ0v) is 10.4. The van der Waals surface area contributed by atoms with E-state index in [0.29, 0.717) is 13.2 Å². The maximum absolute atomic E-state index is 10.2. The highest BCUT2D eigenvalue weighted by Gasteiger charge is 2.52. The second-order valence-electron chi connectivity index (χ2n) is 4.95. The van der Waals surface area contributed by atoms with E-state index in [1.54, 1.807) is 6.08 Å². The molecule has 0 aromatic rings. The van der Waals surface area contributed by atoms with Crippen molar-refractivity contribution in [2.24, 2.45) is 5.41 Å². The molecule has 0 aromatic carbocycles. The van der Waals surface area contributed by atoms with Gasteiger partial charge in [0, 0.05) is 11.8 Å². The van der Waals surface area contributed by atoms with E-state index in [1.165, 1.54) is 12.5 Å². The van der Waals surface area contributed by atoms with Crippen LogP contribution in [0.4, 0.5) is 0 Å². The van der Waals surface area contributed by atoms with Gasteiger partial charge in [0.2, 0.25) is 0 Å². The minimum atomic E-state index is -0.434. The molecular formula is C14H20O3. The SMILES string of the molecule is CC1(/C=C/C=C/C=O)CCCCC12OCCO2. The first-order chi connectivity index (χ1) is 8.22. The quantitative estimate of drug-likeness (QED) is 0.429. The van der Waals surface area contributed by atoms with Gasteiger partial charge in [0.15, 0.2) is 5.79 Å². The highest BCUT2D eigenvalue weighted by Crippen LogP contribution is 2.50. The molecule has 1 aliphatic carbocycles. The third kappa shape index (κ3) is 2.35. The Morgan fingerprint density at radius 1 is 1.00 bits per heavy atom. The first-order valence-electron chi connectivity index (χ1n) is 6.30. The summed E-state index contributed by atoms with van der Waals surface area (Å²) in [5, 5.41) is 0. The lowest BCUT2D eigenvalue weighted by molar-refractivity contribution is -0.235. The highest BCUT2D eigenvalue weighted by molar-refractivity contribution is 5.65. The van der Waals surface area contributed by atoms with Crippen LogP contribution in [0.15, 0.2) is 24.3 Å². The fourth-order valence-electron chi connectivity index (χ4n) is 2.84. The van der Waals surface area contributed by atoms with Crippen LogP contribution in [0.25, 0.3) is 0 Å². The summed E-state index contributed by atoms with van der Waals surface area (Å²) < 4.78 is 11.8. The molecule has 0 bridgehead atoms. The molecule has 94 valence electrons. The summed E-state index contributed by atoms with van der Waals surface area (Å²) in [5.74, 6) is -0.434. The van der Waals surface area contributed by atoms with E-state index in [1.807, 2.05) is 6.08 Å². The normalized spacial score (nSPS) is 32.8. The molecule has 3 heteroatoms. The molecule has 0 aromatic heterocycles. The molecule has 1 heterocycles. The second-order valence-corrected chi connectivity index (χ2v) is 4.95. The van der Waals surface area contributed by atoms with E-state index in [-0.39, 0.29) is 5.41 Å². The Kier molecular flexibility index (Phi) is 3.79. The van der Waals surface area contributed by atoms with Crippen LogP contribution in [0.2, 0.25) is 0 Å². The zero-order valence-electron chi connectivity index (χ0n) is 10.4. The maximum atomic E-state index is 10.2. The van der Waals surface area contributed by atoms with Crippen LogP contribution in [-0.4, -0.2) is 25.3 Å². The molecule has 1 saturated carbocycles. The molecule has 1 saturated heterocycles. The van der Waals surface area contributed by atoms with Gasteiger partial charge < -0.3 is 9.47 Å². The lowest BCUT2D eigenvalue weighted by Gasteiger charge is -2.46. The maximum Gasteiger partial charge on any atom is 0.177 e. The summed E-state index contributed by atoms with van der Waals surface area (Å²) in [5.41, 5.74) is -0.0883. The number of allylic oxidation sites excluding steroid dienone is 3. The van der Waals surface area contributed by atoms with Crippen molar-refractivity contribution in [3.05, 3.63) is 24.3 Å². The first kappa shape index (κ1) is 12.5. The van der Waals surface area contributed by atoms with E-state index < -0.39 is 5.79 Å². The Balaban J connectivity index is 2.16. The number of hydrogen-bond donors (Lipinski definition) is 0. The first-order valence-corrected chi connectivity index (χ1v) is 6.30. The third-order valence-corrected chi connectivity index (χ3v) is 3.84. The van der Waals surface area contributed by atoms with Crippen LogP contribution >= 0.6 is 0 Å². The summed E-state index contributed by atoms with van der Waals surface area (Å²) in [6, 6.07) is 0. The Hall–Kier alpha value is -0.930. The third-order valence-electron chi connectivity index (χ3n) is 3.84. The van der Waals surface area contributed by atoms with Gasteiger partial charge in [0.1, 0.15) is 6.29 Å². The Morgan fingerprint density at radius 2 is 1.71 bits per heavy atom. The highest BCUT2D eigenvalue weighted by atomic mass is 16.7. The Bertz CT molecular complexity index is 326. The van der Waals surface area contributed by atoms with Crippen molar-refractivity contribution in [3.63, 3.8) is 0 Å². The number of ether oxygens (including phenoxy) is 2. The summed E-state index contributed by atoms with van der Waals surface area (Å²) in [6.45, 7) is 3.56. The summed E-state index contributed by atoms with van der Waals surface area (Å²) in [4.78, 5) is 10.2. The van der Waals surface area contributed by atoms with Crippen molar-refractivity contribution in [2.75, 3.05) is 13.2 Å². The molecule has 0 amide bonds. The molecule has 2 aliphatic rings. The molecular weight excluding hydrogens is 216 g/mol. The number of carbonyl (C=O) groups is 1. The average Bonchev–Trinajstić information content (AvgIpc) is 2.80. The smallest absolute Gasteiger partial charge is 0.177 e. The zero-order chi connectivity index (χ0) is 12.2. The van der Waals surface area contributed by atoms with Gasteiger partial charge in [-0.25, -0.2) is 0 Å². The van der Waals surface area contributed by atoms with Crippen LogP contribution in [-0.2, 0) is 14.3 Å². The van der Waals surface area contributed by atoms with Crippen LogP contribution in [0.5, 0.6) is 0 Å². The van der Waals surface area contributed by atoms with Crippen molar-refractivity contribution in [2.45, 2.75) is 38.4 Å². The molecule has 0 radical (unpaired) electrons. The summed E-state index contributed by atoms with van der Waals surface area (Å²) in [6.07, 6.45) is 12.5. The van der Waals surface area contributed by atoms with Crippen LogP contribution < -0.4 is 0 Å². The lowest BCUT2D eigenvalue weighted by Crippen LogP contribution is -2.48. The average molecular weight is 236 g/mol. The van der Waals surface area contributed by atoms with Gasteiger partial charge in [-0.15, -0.1) is 0 Å². The molecule has 2 fully saturated rings. The van der Waals surface area contributed by atoms with Gasteiger partial charge in [-0.2, -0.15) is 0 Å². The molecule has 1 aliphatic heterocycles. The van der Waals surface area contributed by atoms with Crippen molar-refractivity contribution < 1.29 is 14.3 Å². The molecule has 0 N–H and O–H groups in total. The van der Waals surface area contributed by atoms with Gasteiger partial charge in [-0.05, 0) is 18.9 Å². The van der Waals surface area contributed by atoms with Crippen LogP contribution in [0.3, 0.4) is 0 Å². The summed E-state index contributed by atoms with van der Waals surface area (Å²) in [7, 11) is 0. The Labute approximate surface area is 102 Å². The fraction of sp³-hybridized carbons (Fsp3) is 0.643. The van der Waals surface area contributed by atoms with Crippen LogP contribution in [0, 0.1) is 5.41 Å². The molecule has 3 nitrogen and oxygen atoms in total. The molecule has 17 heavy (non-hydrogen) atoms. The lowest BCUT2D eigenvalue weighted by atomic mass is 9.70. The van der Waals surface area contributed by atoms with Gasteiger partial charge in [-0.3, -0.25) is 4.79 Å². The van der Waals surface area contributed by atoms with Gasteiger partial charge in [0.25, 0.3) is 0 Å². The number of hydrogen-bond acceptors (Lipinski definition) is 3. The van der Waals surface area contributed by atoms with Gasteiger partial charge >= 0.3 is 0 Å². The standard InChI is InChI=1S/C14H20O3/c1-13(7-3-2-6-10-15)8-4-5-9-14(13)16-11-12-17-14/h2-3,6-7,10H,4-5,8-9,11-12H2,1H3/b6-2+,7-3+. The van der Waals surface area contributed by atoms with Gasteiger partial charge in [-0.1, -0.05) is 31.6 Å². The number of rotatable bonds is 3. The van der Waals surface area contributed by atoms with E-state index in [0.717, 1.165) is 25.5 Å². The largest absolute Gasteiger partial charge is 0.347 e. The van der Waals surface area contributed by atoms with Crippen molar-refractivity contribution in [1.82, 2.24) is 0 Å². The second kappa shape index (κ2) is 5.15. The molecule has 2 rings (SSSR count). The van der Waals surface area contributed by atoms with E-state index in [9.17, 15) is 4.79 Å². The molecule has 1 unspecified atom stereocenters.